The molecule has 0 aliphatic rings. The molecule has 0 aliphatic heterocycles. The zero-order valence-electron chi connectivity index (χ0n) is 12.5. The number of benzene rings is 1. The zero-order chi connectivity index (χ0) is 15.6. The molecule has 0 unspecified atom stereocenters. The number of furan rings is 1. The van der Waals surface area contributed by atoms with Crippen molar-refractivity contribution in [1.82, 2.24) is 10.3 Å². The summed E-state index contributed by atoms with van der Waals surface area (Å²) >= 11 is 7.58. The summed E-state index contributed by atoms with van der Waals surface area (Å²) in [4.78, 5) is 4.64. The Labute approximate surface area is 139 Å². The molecule has 0 aliphatic carbocycles. The molecule has 22 heavy (non-hydrogen) atoms. The van der Waals surface area contributed by atoms with Gasteiger partial charge >= 0.3 is 0 Å². The van der Waals surface area contributed by atoms with Gasteiger partial charge in [0.15, 0.2) is 0 Å². The van der Waals surface area contributed by atoms with Gasteiger partial charge in [-0.2, -0.15) is 0 Å². The van der Waals surface area contributed by atoms with E-state index in [0.29, 0.717) is 6.54 Å². The van der Waals surface area contributed by atoms with Crippen LogP contribution in [0.25, 0.3) is 10.6 Å². The highest BCUT2D eigenvalue weighted by atomic mass is 35.5. The van der Waals surface area contributed by atoms with Crippen LogP contribution in [0.2, 0.25) is 5.02 Å². The van der Waals surface area contributed by atoms with Crippen LogP contribution in [0.3, 0.4) is 0 Å². The summed E-state index contributed by atoms with van der Waals surface area (Å²) in [5.41, 5.74) is 3.10. The molecule has 0 spiro atoms. The third-order valence-corrected chi connectivity index (χ3v) is 4.79. The van der Waals surface area contributed by atoms with Gasteiger partial charge in [-0.05, 0) is 37.6 Å². The monoisotopic (exact) mass is 332 g/mol. The van der Waals surface area contributed by atoms with Gasteiger partial charge in [0.1, 0.15) is 11.3 Å². The Bertz CT molecular complexity index is 732. The predicted molar refractivity (Wildman–Crippen MR) is 91.1 cm³/mol. The Hall–Kier alpha value is -1.62. The molecule has 0 amide bonds. The second-order valence-electron chi connectivity index (χ2n) is 5.64. The summed E-state index contributed by atoms with van der Waals surface area (Å²) in [5.74, 6) is 0. The van der Waals surface area contributed by atoms with Gasteiger partial charge in [0.2, 0.25) is 0 Å². The molecule has 0 radical (unpaired) electrons. The van der Waals surface area contributed by atoms with Crippen molar-refractivity contribution in [2.45, 2.75) is 25.9 Å². The van der Waals surface area contributed by atoms with E-state index < -0.39 is 0 Å². The molecule has 0 saturated carbocycles. The van der Waals surface area contributed by atoms with Crippen molar-refractivity contribution in [3.05, 3.63) is 64.5 Å². The van der Waals surface area contributed by atoms with E-state index in [-0.39, 0.29) is 5.54 Å². The standard InChI is InChI=1S/C17H17ClN2OS/c1-17(2,13-3-5-14(18)6-4-13)19-9-15-11-22-16(20-15)12-7-8-21-10-12/h3-8,10-11,19H,9H2,1-2H3. The molecule has 0 saturated heterocycles. The second kappa shape index (κ2) is 6.24. The Morgan fingerprint density at radius 2 is 2.00 bits per heavy atom. The first-order valence-electron chi connectivity index (χ1n) is 7.03. The van der Waals surface area contributed by atoms with E-state index in [4.69, 9.17) is 16.0 Å². The summed E-state index contributed by atoms with van der Waals surface area (Å²) in [6.45, 7) is 5.02. The molecule has 2 aromatic heterocycles. The Morgan fingerprint density at radius 3 is 2.68 bits per heavy atom. The molecule has 114 valence electrons. The van der Waals surface area contributed by atoms with Crippen LogP contribution in [0, 0.1) is 0 Å². The van der Waals surface area contributed by atoms with E-state index in [1.807, 2.05) is 30.3 Å². The minimum absolute atomic E-state index is 0.149. The van der Waals surface area contributed by atoms with Crippen molar-refractivity contribution >= 4 is 22.9 Å². The molecule has 3 nitrogen and oxygen atoms in total. The van der Waals surface area contributed by atoms with E-state index in [1.165, 1.54) is 5.56 Å². The lowest BCUT2D eigenvalue weighted by molar-refractivity contribution is 0.399. The average Bonchev–Trinajstić information content (AvgIpc) is 3.17. The van der Waals surface area contributed by atoms with E-state index in [9.17, 15) is 0 Å². The van der Waals surface area contributed by atoms with E-state index >= 15 is 0 Å². The van der Waals surface area contributed by atoms with Crippen LogP contribution in [0.1, 0.15) is 25.1 Å². The van der Waals surface area contributed by atoms with Crippen molar-refractivity contribution in [1.29, 1.82) is 0 Å². The van der Waals surface area contributed by atoms with Crippen molar-refractivity contribution in [3.63, 3.8) is 0 Å². The number of nitrogens with zero attached hydrogens (tertiary/aromatic N) is 1. The van der Waals surface area contributed by atoms with Crippen LogP contribution < -0.4 is 5.32 Å². The minimum atomic E-state index is -0.149. The van der Waals surface area contributed by atoms with Gasteiger partial charge in [0.25, 0.3) is 0 Å². The highest BCUT2D eigenvalue weighted by Gasteiger charge is 2.20. The molecule has 3 rings (SSSR count). The highest BCUT2D eigenvalue weighted by molar-refractivity contribution is 7.13. The number of hydrogen-bond acceptors (Lipinski definition) is 4. The Morgan fingerprint density at radius 1 is 1.23 bits per heavy atom. The number of hydrogen-bond donors (Lipinski definition) is 1. The fourth-order valence-electron chi connectivity index (χ4n) is 2.19. The third kappa shape index (κ3) is 3.40. The van der Waals surface area contributed by atoms with E-state index in [2.05, 4.69) is 29.5 Å². The van der Waals surface area contributed by atoms with Crippen LogP contribution in [0.5, 0.6) is 0 Å². The van der Waals surface area contributed by atoms with Crippen LogP contribution >= 0.6 is 22.9 Å². The maximum absolute atomic E-state index is 5.95. The van der Waals surface area contributed by atoms with Crippen molar-refractivity contribution < 1.29 is 4.42 Å². The molecule has 2 heterocycles. The smallest absolute Gasteiger partial charge is 0.126 e. The lowest BCUT2D eigenvalue weighted by Crippen LogP contribution is -2.36. The number of rotatable bonds is 5. The average molecular weight is 333 g/mol. The number of halogens is 1. The summed E-state index contributed by atoms with van der Waals surface area (Å²) < 4.78 is 5.10. The van der Waals surface area contributed by atoms with Gasteiger partial charge in [-0.1, -0.05) is 23.7 Å². The largest absolute Gasteiger partial charge is 0.472 e. The minimum Gasteiger partial charge on any atom is -0.472 e. The van der Waals surface area contributed by atoms with Gasteiger partial charge in [-0.25, -0.2) is 4.98 Å². The second-order valence-corrected chi connectivity index (χ2v) is 6.94. The van der Waals surface area contributed by atoms with E-state index in [1.54, 1.807) is 23.9 Å². The lowest BCUT2D eigenvalue weighted by Gasteiger charge is -2.26. The topological polar surface area (TPSA) is 38.1 Å². The lowest BCUT2D eigenvalue weighted by atomic mass is 9.94. The molecular weight excluding hydrogens is 316 g/mol. The van der Waals surface area contributed by atoms with Gasteiger partial charge in [-0.3, -0.25) is 0 Å². The Balaban J connectivity index is 1.68. The highest BCUT2D eigenvalue weighted by Crippen LogP contribution is 2.25. The SMILES string of the molecule is CC(C)(NCc1csc(-c2ccoc2)n1)c1ccc(Cl)cc1. The van der Waals surface area contributed by atoms with Crippen LogP contribution in [-0.4, -0.2) is 4.98 Å². The van der Waals surface area contributed by atoms with Crippen LogP contribution in [0.15, 0.2) is 52.7 Å². The molecule has 3 aromatic rings. The van der Waals surface area contributed by atoms with Crippen molar-refractivity contribution in [3.8, 4) is 10.6 Å². The summed E-state index contributed by atoms with van der Waals surface area (Å²) in [6, 6.07) is 9.86. The van der Waals surface area contributed by atoms with Crippen molar-refractivity contribution in [2.75, 3.05) is 0 Å². The quantitative estimate of drug-likeness (QED) is 0.708. The van der Waals surface area contributed by atoms with E-state index in [0.717, 1.165) is 21.3 Å². The maximum Gasteiger partial charge on any atom is 0.126 e. The molecule has 0 fully saturated rings. The molecule has 0 atom stereocenters. The summed E-state index contributed by atoms with van der Waals surface area (Å²) in [5, 5.41) is 7.36. The van der Waals surface area contributed by atoms with Crippen LogP contribution in [0.4, 0.5) is 0 Å². The molecule has 0 bridgehead atoms. The van der Waals surface area contributed by atoms with Gasteiger partial charge in [0.05, 0.1) is 12.0 Å². The number of aromatic nitrogens is 1. The number of nitrogens with one attached hydrogen (secondary N) is 1. The van der Waals surface area contributed by atoms with Gasteiger partial charge in [-0.15, -0.1) is 11.3 Å². The zero-order valence-corrected chi connectivity index (χ0v) is 14.0. The Kier molecular flexibility index (Phi) is 4.34. The molecule has 1 aromatic carbocycles. The maximum atomic E-state index is 5.95. The van der Waals surface area contributed by atoms with Gasteiger partial charge in [0, 0.05) is 28.0 Å². The first-order valence-corrected chi connectivity index (χ1v) is 8.28. The third-order valence-electron chi connectivity index (χ3n) is 3.60. The number of thiazole rings is 1. The fourth-order valence-corrected chi connectivity index (χ4v) is 3.12. The predicted octanol–water partition coefficient (Wildman–Crippen LogP) is 5.08. The first-order chi connectivity index (χ1) is 10.5. The van der Waals surface area contributed by atoms with Crippen LogP contribution in [-0.2, 0) is 12.1 Å². The summed E-state index contributed by atoms with van der Waals surface area (Å²) in [6.07, 6.45) is 3.38. The molecule has 1 N–H and O–H groups in total. The normalized spacial score (nSPS) is 11.8. The van der Waals surface area contributed by atoms with Gasteiger partial charge < -0.3 is 9.73 Å². The molecule has 5 heteroatoms. The summed E-state index contributed by atoms with van der Waals surface area (Å²) in [7, 11) is 0. The molecular formula is C17H17ClN2OS. The van der Waals surface area contributed by atoms with Crippen molar-refractivity contribution in [2.24, 2.45) is 0 Å². The first kappa shape index (κ1) is 15.3. The fraction of sp³-hybridized carbons (Fsp3) is 0.235.